The Morgan fingerprint density at radius 3 is 2.12 bits per heavy atom. The molecule has 6 heteroatoms. The molecule has 0 unspecified atom stereocenters. The van der Waals surface area contributed by atoms with Crippen LogP contribution in [0.5, 0.6) is 0 Å². The van der Waals surface area contributed by atoms with Gasteiger partial charge in [0.15, 0.2) is 0 Å². The number of carbonyl (C=O) groups excluding carboxylic acids is 2. The number of benzene rings is 1. The Labute approximate surface area is 143 Å². The second-order valence-electron chi connectivity index (χ2n) is 6.75. The molecule has 0 radical (unpaired) electrons. The van der Waals surface area contributed by atoms with E-state index in [0.717, 1.165) is 31.5 Å². The number of amides is 2. The minimum atomic E-state index is -0.725. The normalized spacial score (nSPS) is 13.9. The first-order valence-corrected chi connectivity index (χ1v) is 8.18. The molecular formula is C18H27FN2O3. The third-order valence-electron chi connectivity index (χ3n) is 3.41. The van der Waals surface area contributed by atoms with Gasteiger partial charge in [-0.05, 0) is 57.7 Å². The lowest BCUT2D eigenvalue weighted by atomic mass is 10.1. The summed E-state index contributed by atoms with van der Waals surface area (Å²) in [7, 11) is 0. The molecule has 1 aromatic carbocycles. The summed E-state index contributed by atoms with van der Waals surface area (Å²) >= 11 is 0. The van der Waals surface area contributed by atoms with Crippen LogP contribution in [0.3, 0.4) is 0 Å². The van der Waals surface area contributed by atoms with Crippen LogP contribution in [0.4, 0.5) is 9.18 Å². The smallest absolute Gasteiger partial charge is 0.405 e. The van der Waals surface area contributed by atoms with Gasteiger partial charge in [-0.15, -0.1) is 0 Å². The molecule has 0 spiro atoms. The van der Waals surface area contributed by atoms with E-state index in [1.165, 1.54) is 12.1 Å². The monoisotopic (exact) mass is 338 g/mol. The second-order valence-corrected chi connectivity index (χ2v) is 6.75. The summed E-state index contributed by atoms with van der Waals surface area (Å²) in [4.78, 5) is 23.7. The van der Waals surface area contributed by atoms with E-state index in [1.54, 1.807) is 32.9 Å². The number of nitrogens with zero attached hydrogens (tertiary/aromatic N) is 1. The molecule has 0 aromatic heterocycles. The fourth-order valence-corrected chi connectivity index (χ4v) is 2.33. The van der Waals surface area contributed by atoms with Crippen molar-refractivity contribution < 1.29 is 18.7 Å². The number of hydrogen-bond donors (Lipinski definition) is 1. The number of rotatable bonds is 3. The predicted molar refractivity (Wildman–Crippen MR) is 91.0 cm³/mol. The highest BCUT2D eigenvalue weighted by molar-refractivity contribution is 5.76. The summed E-state index contributed by atoms with van der Waals surface area (Å²) in [6.07, 6.45) is 2.77. The topological polar surface area (TPSA) is 72.6 Å². The van der Waals surface area contributed by atoms with E-state index in [9.17, 15) is 14.0 Å². The summed E-state index contributed by atoms with van der Waals surface area (Å²) in [5, 5.41) is 0. The van der Waals surface area contributed by atoms with Gasteiger partial charge in [0.25, 0.3) is 0 Å². The summed E-state index contributed by atoms with van der Waals surface area (Å²) in [5.74, 6) is -0.00329. The highest BCUT2D eigenvalue weighted by Gasteiger charge is 2.17. The number of primary amides is 1. The number of ether oxygens (including phenoxy) is 1. The minimum absolute atomic E-state index is 0.224. The Morgan fingerprint density at radius 1 is 1.17 bits per heavy atom. The molecule has 2 N–H and O–H groups in total. The molecule has 1 aliphatic rings. The summed E-state index contributed by atoms with van der Waals surface area (Å²) < 4.78 is 17.2. The fourth-order valence-electron chi connectivity index (χ4n) is 2.33. The van der Waals surface area contributed by atoms with Gasteiger partial charge in [0, 0.05) is 19.5 Å². The van der Waals surface area contributed by atoms with Gasteiger partial charge in [0.05, 0.1) is 0 Å². The van der Waals surface area contributed by atoms with E-state index >= 15 is 0 Å². The lowest BCUT2D eigenvalue weighted by molar-refractivity contribution is -0.130. The van der Waals surface area contributed by atoms with Crippen molar-refractivity contribution in [3.8, 4) is 0 Å². The summed E-state index contributed by atoms with van der Waals surface area (Å²) in [5.41, 5.74) is 5.29. The van der Waals surface area contributed by atoms with Gasteiger partial charge >= 0.3 is 6.09 Å². The van der Waals surface area contributed by atoms with Gasteiger partial charge in [0.1, 0.15) is 11.4 Å². The van der Waals surface area contributed by atoms with Crippen LogP contribution >= 0.6 is 0 Å². The molecule has 1 aromatic rings. The van der Waals surface area contributed by atoms with Crippen LogP contribution in [-0.4, -0.2) is 35.6 Å². The maximum absolute atomic E-state index is 12.7. The number of likely N-dealkylation sites (tertiary alicyclic amines) is 1. The lowest BCUT2D eigenvalue weighted by Gasteiger charge is -2.16. The average Bonchev–Trinajstić information content (AvgIpc) is 2.98. The van der Waals surface area contributed by atoms with E-state index < -0.39 is 11.7 Å². The third kappa shape index (κ3) is 8.50. The molecule has 2 amide bonds. The molecule has 0 bridgehead atoms. The molecule has 1 saturated heterocycles. The molecule has 134 valence electrons. The summed E-state index contributed by atoms with van der Waals surface area (Å²) in [6.45, 7) is 7.10. The van der Waals surface area contributed by atoms with E-state index in [1.807, 2.05) is 4.90 Å². The van der Waals surface area contributed by atoms with Crippen LogP contribution in [0.15, 0.2) is 24.3 Å². The highest BCUT2D eigenvalue weighted by Crippen LogP contribution is 2.11. The lowest BCUT2D eigenvalue weighted by Crippen LogP contribution is -2.27. The summed E-state index contributed by atoms with van der Waals surface area (Å²) in [6, 6.07) is 6.37. The standard InChI is InChI=1S/C13H16FNO.C5H11NO2/c14-12-6-3-11(4-7-12)5-8-13(16)15-9-1-2-10-15;1-5(2,3)8-4(6)7/h3-4,6-7H,1-2,5,8-10H2;1-3H3,(H2,6,7). The molecule has 1 heterocycles. The van der Waals surface area contributed by atoms with Gasteiger partial charge in [-0.2, -0.15) is 0 Å². The first-order chi connectivity index (χ1) is 11.2. The van der Waals surface area contributed by atoms with E-state index in [-0.39, 0.29) is 11.7 Å². The predicted octanol–water partition coefficient (Wildman–Crippen LogP) is 3.26. The largest absolute Gasteiger partial charge is 0.444 e. The Balaban J connectivity index is 0.000000307. The van der Waals surface area contributed by atoms with Gasteiger partial charge < -0.3 is 15.4 Å². The van der Waals surface area contributed by atoms with Crippen molar-refractivity contribution in [3.05, 3.63) is 35.6 Å². The maximum atomic E-state index is 12.7. The Morgan fingerprint density at radius 2 is 1.71 bits per heavy atom. The van der Waals surface area contributed by atoms with E-state index in [0.29, 0.717) is 12.8 Å². The third-order valence-corrected chi connectivity index (χ3v) is 3.41. The quantitative estimate of drug-likeness (QED) is 0.919. The van der Waals surface area contributed by atoms with Gasteiger partial charge in [0.2, 0.25) is 5.91 Å². The minimum Gasteiger partial charge on any atom is -0.444 e. The molecule has 0 atom stereocenters. The van der Waals surface area contributed by atoms with Crippen LogP contribution in [0.25, 0.3) is 0 Å². The number of nitrogens with two attached hydrogens (primary N) is 1. The van der Waals surface area contributed by atoms with Crippen LogP contribution < -0.4 is 5.73 Å². The van der Waals surface area contributed by atoms with E-state index in [2.05, 4.69) is 4.74 Å². The van der Waals surface area contributed by atoms with Crippen LogP contribution in [0, 0.1) is 5.82 Å². The number of halogens is 1. The molecule has 24 heavy (non-hydrogen) atoms. The van der Waals surface area contributed by atoms with Crippen LogP contribution in [0.2, 0.25) is 0 Å². The molecule has 0 saturated carbocycles. The van der Waals surface area contributed by atoms with Gasteiger partial charge in [-0.25, -0.2) is 9.18 Å². The Bertz CT molecular complexity index is 532. The van der Waals surface area contributed by atoms with Gasteiger partial charge in [-0.3, -0.25) is 4.79 Å². The fraction of sp³-hybridized carbons (Fsp3) is 0.556. The SMILES string of the molecule is CC(C)(C)OC(N)=O.O=C(CCc1ccc(F)cc1)N1CCCC1. The number of hydrogen-bond acceptors (Lipinski definition) is 3. The first-order valence-electron chi connectivity index (χ1n) is 8.18. The zero-order valence-electron chi connectivity index (χ0n) is 14.7. The zero-order valence-corrected chi connectivity index (χ0v) is 14.7. The molecular weight excluding hydrogens is 311 g/mol. The molecule has 1 fully saturated rings. The number of carbonyl (C=O) groups is 2. The van der Waals surface area contributed by atoms with Crippen molar-refractivity contribution in [1.29, 1.82) is 0 Å². The average molecular weight is 338 g/mol. The van der Waals surface area contributed by atoms with Crippen molar-refractivity contribution >= 4 is 12.0 Å². The highest BCUT2D eigenvalue weighted by atomic mass is 19.1. The van der Waals surface area contributed by atoms with Gasteiger partial charge in [-0.1, -0.05) is 12.1 Å². The van der Waals surface area contributed by atoms with Crippen LogP contribution in [-0.2, 0) is 16.0 Å². The number of aryl methyl sites for hydroxylation is 1. The van der Waals surface area contributed by atoms with Crippen LogP contribution in [0.1, 0.15) is 45.6 Å². The van der Waals surface area contributed by atoms with Crippen molar-refractivity contribution in [2.24, 2.45) is 5.73 Å². The Kier molecular flexibility index (Phi) is 7.68. The van der Waals surface area contributed by atoms with E-state index in [4.69, 9.17) is 5.73 Å². The first kappa shape index (κ1) is 19.9. The maximum Gasteiger partial charge on any atom is 0.405 e. The zero-order chi connectivity index (χ0) is 18.2. The molecule has 5 nitrogen and oxygen atoms in total. The van der Waals surface area contributed by atoms with Crippen molar-refractivity contribution in [2.75, 3.05) is 13.1 Å². The second kappa shape index (κ2) is 9.25. The van der Waals surface area contributed by atoms with Crippen molar-refractivity contribution in [2.45, 2.75) is 52.1 Å². The molecule has 0 aliphatic carbocycles. The van der Waals surface area contributed by atoms with Crippen molar-refractivity contribution in [1.82, 2.24) is 4.90 Å². The molecule has 1 aliphatic heterocycles. The Hall–Kier alpha value is -2.11. The van der Waals surface area contributed by atoms with Crippen molar-refractivity contribution in [3.63, 3.8) is 0 Å². The molecule has 2 rings (SSSR count).